The van der Waals surface area contributed by atoms with E-state index in [1.54, 1.807) is 25.1 Å². The van der Waals surface area contributed by atoms with E-state index in [1.807, 2.05) is 24.3 Å². The average Bonchev–Trinajstić information content (AvgIpc) is 2.83. The number of aromatic hydroxyl groups is 1. The molecule has 0 atom stereocenters. The number of carbonyl (C=O) groups excluding carboxylic acids is 1. The Morgan fingerprint density at radius 3 is 2.55 bits per heavy atom. The first-order valence-electron chi connectivity index (χ1n) is 6.10. The van der Waals surface area contributed by atoms with Crippen molar-refractivity contribution >= 4 is 22.6 Å². The fraction of sp³-hybridized carbons (Fsp3) is 0.0667. The van der Waals surface area contributed by atoms with E-state index in [2.05, 4.69) is 10.5 Å². The Morgan fingerprint density at radius 2 is 1.90 bits per heavy atom. The monoisotopic (exact) mass is 268 g/mol. The van der Waals surface area contributed by atoms with Gasteiger partial charge in [0, 0.05) is 6.07 Å². The van der Waals surface area contributed by atoms with Gasteiger partial charge in [-0.2, -0.15) is 0 Å². The summed E-state index contributed by atoms with van der Waals surface area (Å²) in [5.74, 6) is -0.262. The summed E-state index contributed by atoms with van der Waals surface area (Å²) in [5, 5.41) is 17.9. The topological polar surface area (TPSA) is 75.4 Å². The van der Waals surface area contributed by atoms with Gasteiger partial charge in [0.25, 0.3) is 5.91 Å². The smallest absolute Gasteiger partial charge is 0.261 e. The van der Waals surface area contributed by atoms with Gasteiger partial charge in [0.05, 0.1) is 11.3 Å². The lowest BCUT2D eigenvalue weighted by Crippen LogP contribution is -2.11. The second-order valence-electron chi connectivity index (χ2n) is 4.50. The standard InChI is InChI=1S/C15H12N2O3/c1-9-6-14(20-17-9)16-15(19)12-7-10-4-2-3-5-11(10)8-13(12)18/h2-8,18H,1H3,(H,16,19). The fourth-order valence-electron chi connectivity index (χ4n) is 2.01. The molecule has 0 fully saturated rings. The number of hydrogen-bond acceptors (Lipinski definition) is 4. The predicted octanol–water partition coefficient (Wildman–Crippen LogP) is 3.09. The molecule has 0 aliphatic carbocycles. The van der Waals surface area contributed by atoms with Gasteiger partial charge >= 0.3 is 0 Å². The zero-order valence-corrected chi connectivity index (χ0v) is 10.8. The number of anilines is 1. The normalized spacial score (nSPS) is 10.7. The number of aromatic nitrogens is 1. The molecule has 0 saturated heterocycles. The van der Waals surface area contributed by atoms with Crippen LogP contribution in [0.2, 0.25) is 0 Å². The highest BCUT2D eigenvalue weighted by atomic mass is 16.5. The molecule has 20 heavy (non-hydrogen) atoms. The highest BCUT2D eigenvalue weighted by molar-refractivity contribution is 6.08. The first-order valence-corrected chi connectivity index (χ1v) is 6.10. The van der Waals surface area contributed by atoms with Gasteiger partial charge in [-0.3, -0.25) is 10.1 Å². The zero-order valence-electron chi connectivity index (χ0n) is 10.8. The van der Waals surface area contributed by atoms with Gasteiger partial charge < -0.3 is 9.63 Å². The Labute approximate surface area is 114 Å². The SMILES string of the molecule is Cc1cc(NC(=O)c2cc3ccccc3cc2O)on1. The van der Waals surface area contributed by atoms with E-state index >= 15 is 0 Å². The minimum Gasteiger partial charge on any atom is -0.507 e. The van der Waals surface area contributed by atoms with E-state index in [4.69, 9.17) is 4.52 Å². The maximum absolute atomic E-state index is 12.1. The third-order valence-corrected chi connectivity index (χ3v) is 2.97. The number of hydrogen-bond donors (Lipinski definition) is 2. The van der Waals surface area contributed by atoms with Gasteiger partial charge in [-0.1, -0.05) is 29.4 Å². The van der Waals surface area contributed by atoms with Crippen LogP contribution in [0.25, 0.3) is 10.8 Å². The van der Waals surface area contributed by atoms with Crippen molar-refractivity contribution in [1.82, 2.24) is 5.16 Å². The number of fused-ring (bicyclic) bond motifs is 1. The van der Waals surface area contributed by atoms with Crippen LogP contribution in [0.4, 0.5) is 5.88 Å². The molecule has 5 heteroatoms. The van der Waals surface area contributed by atoms with Crippen LogP contribution < -0.4 is 5.32 Å². The number of nitrogens with one attached hydrogen (secondary N) is 1. The predicted molar refractivity (Wildman–Crippen MR) is 74.8 cm³/mol. The summed E-state index contributed by atoms with van der Waals surface area (Å²) in [4.78, 5) is 12.1. The van der Waals surface area contributed by atoms with Gasteiger partial charge in [-0.25, -0.2) is 0 Å². The van der Waals surface area contributed by atoms with Gasteiger partial charge in [0.2, 0.25) is 5.88 Å². The lowest BCUT2D eigenvalue weighted by atomic mass is 10.1. The molecule has 0 aliphatic heterocycles. The Kier molecular flexibility index (Phi) is 2.87. The Hall–Kier alpha value is -2.82. The van der Waals surface area contributed by atoms with Crippen LogP contribution in [-0.4, -0.2) is 16.2 Å². The van der Waals surface area contributed by atoms with Crippen molar-refractivity contribution in [3.63, 3.8) is 0 Å². The molecule has 0 radical (unpaired) electrons. The van der Waals surface area contributed by atoms with Crippen molar-refractivity contribution < 1.29 is 14.4 Å². The number of benzene rings is 2. The van der Waals surface area contributed by atoms with Crippen molar-refractivity contribution in [1.29, 1.82) is 0 Å². The van der Waals surface area contributed by atoms with Crippen LogP contribution in [0.1, 0.15) is 16.1 Å². The van der Waals surface area contributed by atoms with Crippen molar-refractivity contribution in [3.05, 3.63) is 53.7 Å². The highest BCUT2D eigenvalue weighted by Crippen LogP contribution is 2.25. The summed E-state index contributed by atoms with van der Waals surface area (Å²) in [6.07, 6.45) is 0. The largest absolute Gasteiger partial charge is 0.507 e. The molecule has 100 valence electrons. The van der Waals surface area contributed by atoms with Crippen molar-refractivity contribution in [2.75, 3.05) is 5.32 Å². The molecule has 2 N–H and O–H groups in total. The van der Waals surface area contributed by atoms with Crippen LogP contribution in [0.3, 0.4) is 0 Å². The molecule has 2 aromatic carbocycles. The summed E-state index contributed by atoms with van der Waals surface area (Å²) in [5.41, 5.74) is 0.862. The van der Waals surface area contributed by atoms with Crippen molar-refractivity contribution in [3.8, 4) is 5.75 Å². The number of phenolic OH excluding ortho intramolecular Hbond substituents is 1. The first-order chi connectivity index (χ1) is 9.63. The van der Waals surface area contributed by atoms with Crippen molar-refractivity contribution in [2.45, 2.75) is 6.92 Å². The fourth-order valence-corrected chi connectivity index (χ4v) is 2.01. The van der Waals surface area contributed by atoms with Gasteiger partial charge in [0.15, 0.2) is 0 Å². The Bertz CT molecular complexity index is 793. The van der Waals surface area contributed by atoms with Gasteiger partial charge in [-0.05, 0) is 29.8 Å². The third kappa shape index (κ3) is 2.21. The van der Waals surface area contributed by atoms with E-state index in [1.165, 1.54) is 0 Å². The molecular formula is C15H12N2O3. The molecule has 0 saturated carbocycles. The lowest BCUT2D eigenvalue weighted by molar-refractivity contribution is 0.102. The maximum atomic E-state index is 12.1. The molecule has 0 bridgehead atoms. The lowest BCUT2D eigenvalue weighted by Gasteiger charge is -2.06. The van der Waals surface area contributed by atoms with Crippen LogP contribution in [0.15, 0.2) is 47.0 Å². The quantitative estimate of drug-likeness (QED) is 0.748. The number of rotatable bonds is 2. The summed E-state index contributed by atoms with van der Waals surface area (Å²) in [7, 11) is 0. The van der Waals surface area contributed by atoms with E-state index in [0.717, 1.165) is 10.8 Å². The highest BCUT2D eigenvalue weighted by Gasteiger charge is 2.14. The molecule has 0 unspecified atom stereocenters. The average molecular weight is 268 g/mol. The molecule has 0 spiro atoms. The summed E-state index contributed by atoms with van der Waals surface area (Å²) < 4.78 is 4.92. The second kappa shape index (κ2) is 4.70. The third-order valence-electron chi connectivity index (χ3n) is 2.97. The molecule has 3 rings (SSSR count). The van der Waals surface area contributed by atoms with E-state index < -0.39 is 5.91 Å². The number of phenols is 1. The van der Waals surface area contributed by atoms with Crippen LogP contribution in [0.5, 0.6) is 5.75 Å². The Balaban J connectivity index is 1.96. The van der Waals surface area contributed by atoms with Gasteiger partial charge in [0.1, 0.15) is 5.75 Å². The minimum atomic E-state index is -0.440. The molecule has 1 amide bonds. The zero-order chi connectivity index (χ0) is 14.1. The summed E-state index contributed by atoms with van der Waals surface area (Å²) in [6, 6.07) is 12.3. The Morgan fingerprint density at radius 1 is 1.20 bits per heavy atom. The molecule has 0 aliphatic rings. The van der Waals surface area contributed by atoms with E-state index in [0.29, 0.717) is 5.69 Å². The van der Waals surface area contributed by atoms with Gasteiger partial charge in [-0.15, -0.1) is 0 Å². The van der Waals surface area contributed by atoms with Crippen molar-refractivity contribution in [2.24, 2.45) is 0 Å². The molecular weight excluding hydrogens is 256 g/mol. The molecule has 1 aromatic heterocycles. The van der Waals surface area contributed by atoms with Crippen LogP contribution >= 0.6 is 0 Å². The van der Waals surface area contributed by atoms with E-state index in [-0.39, 0.29) is 17.2 Å². The minimum absolute atomic E-state index is 0.0718. The summed E-state index contributed by atoms with van der Waals surface area (Å²) >= 11 is 0. The molecule has 1 heterocycles. The van der Waals surface area contributed by atoms with E-state index in [9.17, 15) is 9.90 Å². The maximum Gasteiger partial charge on any atom is 0.261 e. The first kappa shape index (κ1) is 12.2. The molecule has 3 aromatic rings. The number of aryl methyl sites for hydroxylation is 1. The number of carbonyl (C=O) groups is 1. The van der Waals surface area contributed by atoms with Crippen LogP contribution in [-0.2, 0) is 0 Å². The molecule has 5 nitrogen and oxygen atoms in total. The number of nitrogens with zero attached hydrogens (tertiary/aromatic N) is 1. The van der Waals surface area contributed by atoms with Crippen LogP contribution in [0, 0.1) is 6.92 Å². The summed E-state index contributed by atoms with van der Waals surface area (Å²) in [6.45, 7) is 1.76. The number of amides is 1. The second-order valence-corrected chi connectivity index (χ2v) is 4.50.